The van der Waals surface area contributed by atoms with Crippen LogP contribution in [0.15, 0.2) is 76.4 Å². The lowest BCUT2D eigenvalue weighted by molar-refractivity contribution is -0.114. The highest BCUT2D eigenvalue weighted by Gasteiger charge is 2.06. The van der Waals surface area contributed by atoms with Gasteiger partial charge < -0.3 is 9.88 Å². The maximum atomic E-state index is 12.3. The van der Waals surface area contributed by atoms with Crippen LogP contribution in [0.25, 0.3) is 5.69 Å². The molecule has 0 bridgehead atoms. The van der Waals surface area contributed by atoms with Crippen LogP contribution in [-0.4, -0.2) is 22.6 Å². The van der Waals surface area contributed by atoms with Crippen LogP contribution in [0.2, 0.25) is 0 Å². The van der Waals surface area contributed by atoms with E-state index < -0.39 is 0 Å². The number of rotatable bonds is 5. The molecule has 1 heterocycles. The van der Waals surface area contributed by atoms with Gasteiger partial charge in [-0.25, -0.2) is 5.43 Å². The first kappa shape index (κ1) is 18.6. The standard InChI is InChI=1S/C20H17BrN4O2/c1-14(26)23-17-5-2-4-15(12-17)20(27)24-22-13-19-6-3-11-25(19)18-9-7-16(21)8-10-18/h2-13H,1H3,(H,23,26)(H,24,27)/b22-13-. The van der Waals surface area contributed by atoms with Gasteiger partial charge in [-0.05, 0) is 54.6 Å². The molecule has 7 heteroatoms. The molecule has 0 radical (unpaired) electrons. The molecule has 1 aromatic heterocycles. The van der Waals surface area contributed by atoms with Gasteiger partial charge in [0.05, 0.1) is 11.9 Å². The van der Waals surface area contributed by atoms with Gasteiger partial charge in [-0.1, -0.05) is 22.0 Å². The summed E-state index contributed by atoms with van der Waals surface area (Å²) in [5, 5.41) is 6.69. The number of nitrogens with zero attached hydrogens (tertiary/aromatic N) is 2. The third kappa shape index (κ3) is 4.92. The zero-order chi connectivity index (χ0) is 19.2. The van der Waals surface area contributed by atoms with Gasteiger partial charge in [0.15, 0.2) is 0 Å². The van der Waals surface area contributed by atoms with Crippen molar-refractivity contribution in [2.24, 2.45) is 5.10 Å². The van der Waals surface area contributed by atoms with Crippen LogP contribution in [0.4, 0.5) is 5.69 Å². The molecular formula is C20H17BrN4O2. The van der Waals surface area contributed by atoms with Gasteiger partial charge in [0.1, 0.15) is 0 Å². The maximum absolute atomic E-state index is 12.3. The lowest BCUT2D eigenvalue weighted by Crippen LogP contribution is -2.18. The van der Waals surface area contributed by atoms with E-state index in [1.807, 2.05) is 47.2 Å². The summed E-state index contributed by atoms with van der Waals surface area (Å²) < 4.78 is 2.96. The van der Waals surface area contributed by atoms with Crippen molar-refractivity contribution in [3.05, 3.63) is 82.6 Å². The second kappa shape index (κ2) is 8.46. The van der Waals surface area contributed by atoms with Crippen LogP contribution in [0.5, 0.6) is 0 Å². The smallest absolute Gasteiger partial charge is 0.271 e. The van der Waals surface area contributed by atoms with E-state index in [1.54, 1.807) is 30.5 Å². The second-order valence-electron chi connectivity index (χ2n) is 5.74. The fraction of sp³-hybridized carbons (Fsp3) is 0.0500. The molecule has 3 rings (SSSR count). The Hall–Kier alpha value is -3.19. The first-order valence-electron chi connectivity index (χ1n) is 8.17. The van der Waals surface area contributed by atoms with Gasteiger partial charge in [0.25, 0.3) is 5.91 Å². The molecule has 2 amide bonds. The summed E-state index contributed by atoms with van der Waals surface area (Å²) in [5.41, 5.74) is 5.27. The van der Waals surface area contributed by atoms with Crippen molar-refractivity contribution in [2.75, 3.05) is 5.32 Å². The van der Waals surface area contributed by atoms with Crippen LogP contribution in [-0.2, 0) is 4.79 Å². The molecule has 27 heavy (non-hydrogen) atoms. The SMILES string of the molecule is CC(=O)Nc1cccc(C(=O)N/N=C\c2cccn2-c2ccc(Br)cc2)c1. The molecule has 0 aliphatic carbocycles. The Labute approximate surface area is 165 Å². The minimum atomic E-state index is -0.361. The largest absolute Gasteiger partial charge is 0.326 e. The van der Waals surface area contributed by atoms with E-state index in [4.69, 9.17) is 0 Å². The van der Waals surface area contributed by atoms with Gasteiger partial charge in [-0.3, -0.25) is 9.59 Å². The summed E-state index contributed by atoms with van der Waals surface area (Å²) in [6, 6.07) is 18.3. The molecule has 6 nitrogen and oxygen atoms in total. The Bertz CT molecular complexity index is 993. The molecule has 0 aliphatic rings. The Morgan fingerprint density at radius 1 is 1.07 bits per heavy atom. The highest BCUT2D eigenvalue weighted by Crippen LogP contribution is 2.16. The number of hydrazone groups is 1. The monoisotopic (exact) mass is 424 g/mol. The van der Waals surface area contributed by atoms with Crippen LogP contribution < -0.4 is 10.7 Å². The number of nitrogens with one attached hydrogen (secondary N) is 2. The molecular weight excluding hydrogens is 408 g/mol. The number of carbonyl (C=O) groups is 2. The number of hydrogen-bond acceptors (Lipinski definition) is 3. The predicted octanol–water partition coefficient (Wildman–Crippen LogP) is 3.96. The Kier molecular flexibility index (Phi) is 5.83. The second-order valence-corrected chi connectivity index (χ2v) is 6.66. The predicted molar refractivity (Wildman–Crippen MR) is 109 cm³/mol. The normalized spacial score (nSPS) is 10.7. The zero-order valence-electron chi connectivity index (χ0n) is 14.5. The average Bonchev–Trinajstić information content (AvgIpc) is 3.10. The number of anilines is 1. The molecule has 0 atom stereocenters. The van der Waals surface area contributed by atoms with Crippen LogP contribution in [0.3, 0.4) is 0 Å². The summed E-state index contributed by atoms with van der Waals surface area (Å²) in [6.07, 6.45) is 3.50. The highest BCUT2D eigenvalue weighted by molar-refractivity contribution is 9.10. The third-order valence-electron chi connectivity index (χ3n) is 3.69. The first-order valence-corrected chi connectivity index (χ1v) is 8.96. The summed E-state index contributed by atoms with van der Waals surface area (Å²) in [5.74, 6) is -0.556. The molecule has 0 saturated carbocycles. The van der Waals surface area contributed by atoms with Gasteiger partial charge >= 0.3 is 0 Å². The van der Waals surface area contributed by atoms with Gasteiger partial charge in [0.2, 0.25) is 5.91 Å². The summed E-state index contributed by atoms with van der Waals surface area (Å²) in [7, 11) is 0. The van der Waals surface area contributed by atoms with E-state index in [2.05, 4.69) is 31.8 Å². The number of benzene rings is 2. The Balaban J connectivity index is 1.70. The van der Waals surface area contributed by atoms with Gasteiger partial charge in [-0.15, -0.1) is 0 Å². The Morgan fingerprint density at radius 3 is 2.59 bits per heavy atom. The van der Waals surface area contributed by atoms with Crippen molar-refractivity contribution in [1.82, 2.24) is 9.99 Å². The molecule has 0 fully saturated rings. The number of aromatic nitrogens is 1. The molecule has 2 N–H and O–H groups in total. The zero-order valence-corrected chi connectivity index (χ0v) is 16.1. The van der Waals surface area contributed by atoms with Gasteiger partial charge in [-0.2, -0.15) is 5.10 Å². The van der Waals surface area contributed by atoms with Crippen molar-refractivity contribution in [1.29, 1.82) is 0 Å². The first-order chi connectivity index (χ1) is 13.0. The van der Waals surface area contributed by atoms with Crippen LogP contribution >= 0.6 is 15.9 Å². The van der Waals surface area contributed by atoms with Crippen molar-refractivity contribution < 1.29 is 9.59 Å². The van der Waals surface area contributed by atoms with Crippen LogP contribution in [0.1, 0.15) is 23.0 Å². The summed E-state index contributed by atoms with van der Waals surface area (Å²) >= 11 is 3.42. The van der Waals surface area contributed by atoms with Crippen molar-refractivity contribution in [3.8, 4) is 5.69 Å². The third-order valence-corrected chi connectivity index (χ3v) is 4.22. The van der Waals surface area contributed by atoms with E-state index in [9.17, 15) is 9.59 Å². The number of carbonyl (C=O) groups excluding carboxylic acids is 2. The lowest BCUT2D eigenvalue weighted by atomic mass is 10.2. The Morgan fingerprint density at radius 2 is 1.85 bits per heavy atom. The minimum Gasteiger partial charge on any atom is -0.326 e. The molecule has 0 saturated heterocycles. The molecule has 0 unspecified atom stereocenters. The molecule has 3 aromatic rings. The molecule has 2 aromatic carbocycles. The molecule has 0 aliphatic heterocycles. The lowest BCUT2D eigenvalue weighted by Gasteiger charge is -2.07. The van der Waals surface area contributed by atoms with E-state index >= 15 is 0 Å². The topological polar surface area (TPSA) is 75.5 Å². The van der Waals surface area contributed by atoms with E-state index in [-0.39, 0.29) is 11.8 Å². The van der Waals surface area contributed by atoms with Crippen molar-refractivity contribution in [3.63, 3.8) is 0 Å². The quantitative estimate of drug-likeness (QED) is 0.480. The number of halogens is 1. The fourth-order valence-corrected chi connectivity index (χ4v) is 2.76. The minimum absolute atomic E-state index is 0.195. The molecule has 136 valence electrons. The average molecular weight is 425 g/mol. The van der Waals surface area contributed by atoms with Crippen LogP contribution in [0, 0.1) is 0 Å². The highest BCUT2D eigenvalue weighted by atomic mass is 79.9. The molecule has 0 spiro atoms. The van der Waals surface area contributed by atoms with E-state index in [0.29, 0.717) is 11.3 Å². The fourth-order valence-electron chi connectivity index (χ4n) is 2.50. The van der Waals surface area contributed by atoms with Crippen molar-refractivity contribution in [2.45, 2.75) is 6.92 Å². The van der Waals surface area contributed by atoms with E-state index in [0.717, 1.165) is 15.9 Å². The number of hydrogen-bond donors (Lipinski definition) is 2. The summed E-state index contributed by atoms with van der Waals surface area (Å²) in [6.45, 7) is 1.41. The number of amides is 2. The maximum Gasteiger partial charge on any atom is 0.271 e. The van der Waals surface area contributed by atoms with Gasteiger partial charge in [0, 0.05) is 34.5 Å². The van der Waals surface area contributed by atoms with E-state index in [1.165, 1.54) is 6.92 Å². The summed E-state index contributed by atoms with van der Waals surface area (Å²) in [4.78, 5) is 23.4. The van der Waals surface area contributed by atoms with Crippen molar-refractivity contribution >= 4 is 39.6 Å².